The Hall–Kier alpha value is -3.71. The normalized spacial score (nSPS) is 10.9. The Bertz CT molecular complexity index is 1360. The molecule has 0 saturated carbocycles. The largest absolute Gasteiger partial charge is 0.487 e. The van der Waals surface area contributed by atoms with Gasteiger partial charge in [-0.25, -0.2) is 9.37 Å². The van der Waals surface area contributed by atoms with Crippen LogP contribution >= 0.6 is 11.3 Å². The van der Waals surface area contributed by atoms with Crippen LogP contribution in [0.2, 0.25) is 0 Å². The second-order valence-corrected chi connectivity index (χ2v) is 9.89. The summed E-state index contributed by atoms with van der Waals surface area (Å²) in [6.07, 6.45) is 0.0878. The molecule has 186 valence electrons. The standard InChI is InChI=1S/C29H29FN2O3S/c1-18-11-26(35-16-25-17-36-20(3)32-25)12-19(2)29(18)23-6-4-5-21(13-23)15-31-24-9-7-22(27(30)14-24)8-10-28(33)34/h4-7,9,11-14,17,31H,8,10,15-16H2,1-3H3,(H,33,34). The van der Waals surface area contributed by atoms with E-state index < -0.39 is 11.8 Å². The van der Waals surface area contributed by atoms with Crippen molar-refractivity contribution in [2.45, 2.75) is 46.8 Å². The van der Waals surface area contributed by atoms with Crippen molar-refractivity contribution in [3.05, 3.63) is 98.7 Å². The molecule has 0 aliphatic heterocycles. The van der Waals surface area contributed by atoms with Crippen molar-refractivity contribution < 1.29 is 19.0 Å². The second kappa shape index (κ2) is 11.4. The van der Waals surface area contributed by atoms with Crippen LogP contribution in [0, 0.1) is 26.6 Å². The second-order valence-electron chi connectivity index (χ2n) is 8.83. The van der Waals surface area contributed by atoms with Crippen LogP contribution in [0.4, 0.5) is 10.1 Å². The van der Waals surface area contributed by atoms with Crippen molar-refractivity contribution in [2.75, 3.05) is 5.32 Å². The molecule has 4 aromatic rings. The molecule has 7 heteroatoms. The Morgan fingerprint density at radius 1 is 1.08 bits per heavy atom. The quantitative estimate of drug-likeness (QED) is 0.241. The minimum atomic E-state index is -0.935. The summed E-state index contributed by atoms with van der Waals surface area (Å²) in [6, 6.07) is 17.2. The molecule has 0 aliphatic carbocycles. The average molecular weight is 505 g/mol. The zero-order chi connectivity index (χ0) is 25.7. The molecule has 1 heterocycles. The molecule has 0 atom stereocenters. The average Bonchev–Trinajstić information content (AvgIpc) is 3.25. The molecular weight excluding hydrogens is 475 g/mol. The summed E-state index contributed by atoms with van der Waals surface area (Å²) in [5, 5.41) is 15.1. The maximum atomic E-state index is 14.3. The first kappa shape index (κ1) is 25.4. The van der Waals surface area contributed by atoms with E-state index in [9.17, 15) is 9.18 Å². The van der Waals surface area contributed by atoms with Crippen LogP contribution in [0.25, 0.3) is 11.1 Å². The van der Waals surface area contributed by atoms with Gasteiger partial charge in [0.05, 0.1) is 10.7 Å². The van der Waals surface area contributed by atoms with E-state index in [1.54, 1.807) is 23.5 Å². The number of thiazole rings is 1. The van der Waals surface area contributed by atoms with E-state index in [0.717, 1.165) is 38.7 Å². The van der Waals surface area contributed by atoms with Gasteiger partial charge in [0.1, 0.15) is 18.2 Å². The lowest BCUT2D eigenvalue weighted by Gasteiger charge is -2.15. The monoisotopic (exact) mass is 504 g/mol. The third-order valence-corrected chi connectivity index (χ3v) is 6.76. The van der Waals surface area contributed by atoms with E-state index in [2.05, 4.69) is 48.4 Å². The summed E-state index contributed by atoms with van der Waals surface area (Å²) < 4.78 is 20.3. The Morgan fingerprint density at radius 2 is 1.86 bits per heavy atom. The van der Waals surface area contributed by atoms with Crippen molar-refractivity contribution in [2.24, 2.45) is 0 Å². The predicted molar refractivity (Wildman–Crippen MR) is 142 cm³/mol. The summed E-state index contributed by atoms with van der Waals surface area (Å²) >= 11 is 1.62. The number of nitrogens with one attached hydrogen (secondary N) is 1. The summed E-state index contributed by atoms with van der Waals surface area (Å²) in [4.78, 5) is 15.2. The highest BCUT2D eigenvalue weighted by Crippen LogP contribution is 2.32. The molecular formula is C29H29FN2O3S. The number of carboxylic acid groups (broad SMARTS) is 1. The Balaban J connectivity index is 1.44. The number of nitrogens with zero attached hydrogens (tertiary/aromatic N) is 1. The molecule has 0 unspecified atom stereocenters. The van der Waals surface area contributed by atoms with Gasteiger partial charge in [0.2, 0.25) is 0 Å². The lowest BCUT2D eigenvalue weighted by atomic mass is 9.94. The van der Waals surface area contributed by atoms with Gasteiger partial charge in [-0.3, -0.25) is 4.79 Å². The van der Waals surface area contributed by atoms with Crippen LogP contribution in [0.5, 0.6) is 5.75 Å². The van der Waals surface area contributed by atoms with Gasteiger partial charge in [0.15, 0.2) is 0 Å². The molecule has 0 bridgehead atoms. The van der Waals surface area contributed by atoms with Gasteiger partial charge in [-0.1, -0.05) is 24.3 Å². The van der Waals surface area contributed by atoms with Gasteiger partial charge in [-0.05, 0) is 90.9 Å². The third kappa shape index (κ3) is 6.49. The molecule has 2 N–H and O–H groups in total. The van der Waals surface area contributed by atoms with E-state index in [1.165, 1.54) is 11.6 Å². The molecule has 36 heavy (non-hydrogen) atoms. The number of aromatic nitrogens is 1. The van der Waals surface area contributed by atoms with E-state index in [1.807, 2.05) is 24.4 Å². The molecule has 0 saturated heterocycles. The molecule has 3 aromatic carbocycles. The summed E-state index contributed by atoms with van der Waals surface area (Å²) in [5.41, 5.74) is 7.61. The molecule has 0 radical (unpaired) electrons. The lowest BCUT2D eigenvalue weighted by molar-refractivity contribution is -0.136. The number of hydrogen-bond acceptors (Lipinski definition) is 5. The summed E-state index contributed by atoms with van der Waals surface area (Å²) in [7, 11) is 0. The van der Waals surface area contributed by atoms with Crippen molar-refractivity contribution in [1.29, 1.82) is 0 Å². The SMILES string of the molecule is Cc1nc(COc2cc(C)c(-c3cccc(CNc4ccc(CCC(=O)O)c(F)c4)c3)c(C)c2)cs1. The smallest absolute Gasteiger partial charge is 0.303 e. The molecule has 0 aliphatic rings. The number of aliphatic carboxylic acids is 1. The fraction of sp³-hybridized carbons (Fsp3) is 0.241. The van der Waals surface area contributed by atoms with Gasteiger partial charge in [-0.2, -0.15) is 0 Å². The lowest BCUT2D eigenvalue weighted by Crippen LogP contribution is -2.03. The van der Waals surface area contributed by atoms with E-state index in [-0.39, 0.29) is 12.8 Å². The zero-order valence-electron chi connectivity index (χ0n) is 20.6. The van der Waals surface area contributed by atoms with Crippen LogP contribution in [0.1, 0.15) is 39.4 Å². The molecule has 1 aromatic heterocycles. The van der Waals surface area contributed by atoms with Gasteiger partial charge in [0, 0.05) is 24.0 Å². The maximum Gasteiger partial charge on any atom is 0.303 e. The Morgan fingerprint density at radius 3 is 2.53 bits per heavy atom. The van der Waals surface area contributed by atoms with Crippen molar-refractivity contribution in [3.8, 4) is 16.9 Å². The van der Waals surface area contributed by atoms with E-state index in [0.29, 0.717) is 24.4 Å². The number of benzene rings is 3. The molecule has 0 fully saturated rings. The fourth-order valence-electron chi connectivity index (χ4n) is 4.24. The number of halogens is 1. The number of carboxylic acids is 1. The minimum absolute atomic E-state index is 0.0894. The predicted octanol–water partition coefficient (Wildman–Crippen LogP) is 7.08. The number of carbonyl (C=O) groups is 1. The van der Waals surface area contributed by atoms with Crippen LogP contribution < -0.4 is 10.1 Å². The zero-order valence-corrected chi connectivity index (χ0v) is 21.4. The fourth-order valence-corrected chi connectivity index (χ4v) is 4.83. The molecule has 4 rings (SSSR count). The van der Waals surface area contributed by atoms with Gasteiger partial charge in [0.25, 0.3) is 0 Å². The first-order chi connectivity index (χ1) is 17.3. The third-order valence-electron chi connectivity index (χ3n) is 5.93. The van der Waals surface area contributed by atoms with Crippen LogP contribution in [0.3, 0.4) is 0 Å². The molecule has 0 spiro atoms. The number of ether oxygens (including phenoxy) is 1. The van der Waals surface area contributed by atoms with E-state index >= 15 is 0 Å². The Labute approximate surface area is 214 Å². The van der Waals surface area contributed by atoms with Gasteiger partial charge < -0.3 is 15.2 Å². The maximum absolute atomic E-state index is 14.3. The molecule has 0 amide bonds. The number of hydrogen-bond donors (Lipinski definition) is 2. The van der Waals surface area contributed by atoms with Crippen molar-refractivity contribution in [3.63, 3.8) is 0 Å². The number of anilines is 1. The van der Waals surface area contributed by atoms with Crippen LogP contribution in [-0.2, 0) is 24.4 Å². The van der Waals surface area contributed by atoms with Gasteiger partial charge in [-0.15, -0.1) is 11.3 Å². The minimum Gasteiger partial charge on any atom is -0.487 e. The van der Waals surface area contributed by atoms with Crippen molar-refractivity contribution >= 4 is 23.0 Å². The highest BCUT2D eigenvalue weighted by Gasteiger charge is 2.11. The van der Waals surface area contributed by atoms with E-state index in [4.69, 9.17) is 9.84 Å². The first-order valence-corrected chi connectivity index (χ1v) is 12.6. The molecule has 5 nitrogen and oxygen atoms in total. The van der Waals surface area contributed by atoms with Crippen LogP contribution in [0.15, 0.2) is 60.0 Å². The number of aryl methyl sites for hydroxylation is 4. The summed E-state index contributed by atoms with van der Waals surface area (Å²) in [6.45, 7) is 7.14. The first-order valence-electron chi connectivity index (χ1n) is 11.8. The highest BCUT2D eigenvalue weighted by molar-refractivity contribution is 7.09. The topological polar surface area (TPSA) is 71.5 Å². The van der Waals surface area contributed by atoms with Gasteiger partial charge >= 0.3 is 5.97 Å². The van der Waals surface area contributed by atoms with Crippen LogP contribution in [-0.4, -0.2) is 16.1 Å². The van der Waals surface area contributed by atoms with Crippen molar-refractivity contribution in [1.82, 2.24) is 4.98 Å². The number of rotatable bonds is 10. The highest BCUT2D eigenvalue weighted by atomic mass is 32.1. The summed E-state index contributed by atoms with van der Waals surface area (Å²) in [5.74, 6) is -0.505. The Kier molecular flexibility index (Phi) is 8.00.